The molecular formula is C42H68O4. The second-order valence-electron chi connectivity index (χ2n) is 18.9. The third-order valence-corrected chi connectivity index (χ3v) is 17.7. The average Bonchev–Trinajstić information content (AvgIpc) is 3.91. The lowest BCUT2D eigenvalue weighted by Crippen LogP contribution is -2.51. The van der Waals surface area contributed by atoms with Gasteiger partial charge < -0.3 is 19.7 Å². The predicted molar refractivity (Wildman–Crippen MR) is 186 cm³/mol. The van der Waals surface area contributed by atoms with Crippen LogP contribution in [-0.2, 0) is 9.47 Å². The van der Waals surface area contributed by atoms with Crippen molar-refractivity contribution in [2.75, 3.05) is 13.2 Å². The Labute approximate surface area is 281 Å². The van der Waals surface area contributed by atoms with E-state index in [1.165, 1.54) is 77.0 Å². The molecule has 0 aromatic rings. The Bertz CT molecular complexity index is 1160. The summed E-state index contributed by atoms with van der Waals surface area (Å²) in [6.07, 6.45) is 24.6. The fourth-order valence-corrected chi connectivity index (χ4v) is 14.6. The third-order valence-electron chi connectivity index (χ3n) is 17.7. The first-order chi connectivity index (χ1) is 21.0. The van der Waals surface area contributed by atoms with Crippen LogP contribution < -0.4 is 0 Å². The Morgan fingerprint density at radius 1 is 0.543 bits per heavy atom. The van der Waals surface area contributed by atoms with E-state index in [9.17, 15) is 10.2 Å². The highest BCUT2D eigenvalue weighted by atomic mass is 16.6. The Morgan fingerprint density at radius 3 is 1.28 bits per heavy atom. The monoisotopic (exact) mass is 637 g/mol. The van der Waals surface area contributed by atoms with E-state index in [-0.39, 0.29) is 38.3 Å². The van der Waals surface area contributed by atoms with Crippen LogP contribution in [0.5, 0.6) is 0 Å². The van der Waals surface area contributed by atoms with E-state index in [4.69, 9.17) is 9.47 Å². The lowest BCUT2D eigenvalue weighted by atomic mass is 9.47. The molecule has 2 saturated heterocycles. The van der Waals surface area contributed by atoms with Gasteiger partial charge in [-0.1, -0.05) is 65.8 Å². The van der Waals surface area contributed by atoms with Crippen molar-refractivity contribution >= 4 is 0 Å². The van der Waals surface area contributed by atoms with Gasteiger partial charge in [-0.2, -0.15) is 0 Å². The van der Waals surface area contributed by atoms with Crippen molar-refractivity contribution in [1.82, 2.24) is 0 Å². The van der Waals surface area contributed by atoms with Crippen LogP contribution in [0.15, 0.2) is 23.3 Å². The van der Waals surface area contributed by atoms with Gasteiger partial charge in [0.25, 0.3) is 0 Å². The second-order valence-corrected chi connectivity index (χ2v) is 18.9. The molecule has 10 rings (SSSR count). The molecule has 2 N–H and O–H groups in total. The SMILES string of the molecule is C.C.CC12CCC(O)CC1=CCC1C2CCC2(C)C1CC[C@@]21CO1.CC12CCC(O)CC1=CCC1C2CCC2(C)C1CC[C@]21CO1. The molecule has 260 valence electrons. The zero-order valence-corrected chi connectivity index (χ0v) is 28.2. The van der Waals surface area contributed by atoms with E-state index in [2.05, 4.69) is 39.8 Å². The van der Waals surface area contributed by atoms with Gasteiger partial charge in [0.15, 0.2) is 0 Å². The first-order valence-electron chi connectivity index (χ1n) is 19.0. The molecule has 0 aromatic heterocycles. The molecule has 10 aliphatic rings. The standard InChI is InChI=1S/2C20H30O2.2CH4/c2*1-18-8-5-14(21)11-13(18)3-4-15-16(18)6-9-19(2)17(15)7-10-20(19)12-22-20;;/h2*3,14-17,21H,4-12H2,1-2H3;2*1H4/t2*14?,15?,16?,17?,18?,19?,20-;;/m10../s1. The minimum absolute atomic E-state index is 0. The summed E-state index contributed by atoms with van der Waals surface area (Å²) in [6, 6.07) is 0. The Morgan fingerprint density at radius 2 is 0.913 bits per heavy atom. The van der Waals surface area contributed by atoms with Crippen LogP contribution in [0.4, 0.5) is 0 Å². The van der Waals surface area contributed by atoms with Crippen molar-refractivity contribution < 1.29 is 19.7 Å². The normalized spacial score (nSPS) is 56.9. The molecule has 6 saturated carbocycles. The first kappa shape index (κ1) is 33.8. The van der Waals surface area contributed by atoms with Crippen molar-refractivity contribution in [2.45, 2.75) is 169 Å². The first-order valence-corrected chi connectivity index (χ1v) is 19.0. The number of fused-ring (bicyclic) bond motifs is 12. The van der Waals surface area contributed by atoms with Crippen molar-refractivity contribution in [3.63, 3.8) is 0 Å². The Kier molecular flexibility index (Phi) is 8.02. The molecule has 46 heavy (non-hydrogen) atoms. The van der Waals surface area contributed by atoms with Crippen LogP contribution in [-0.4, -0.2) is 46.8 Å². The highest BCUT2D eigenvalue weighted by molar-refractivity contribution is 5.29. The topological polar surface area (TPSA) is 65.5 Å². The summed E-state index contributed by atoms with van der Waals surface area (Å²) in [5, 5.41) is 20.1. The summed E-state index contributed by atoms with van der Waals surface area (Å²) < 4.78 is 12.0. The number of epoxide rings is 2. The molecule has 2 aliphatic heterocycles. The largest absolute Gasteiger partial charge is 0.393 e. The number of hydrogen-bond donors (Lipinski definition) is 2. The number of hydrogen-bond acceptors (Lipinski definition) is 4. The molecule has 14 atom stereocenters. The number of aliphatic hydroxyl groups excluding tert-OH is 2. The van der Waals surface area contributed by atoms with Gasteiger partial charge in [-0.15, -0.1) is 0 Å². The van der Waals surface area contributed by atoms with Crippen molar-refractivity contribution in [3.8, 4) is 0 Å². The number of aliphatic hydroxyl groups is 2. The van der Waals surface area contributed by atoms with E-state index in [1.54, 1.807) is 11.1 Å². The molecule has 8 aliphatic carbocycles. The minimum Gasteiger partial charge on any atom is -0.393 e. The average molecular weight is 637 g/mol. The molecular weight excluding hydrogens is 568 g/mol. The molecule has 4 heteroatoms. The Balaban J connectivity index is 0.000000141. The van der Waals surface area contributed by atoms with Crippen LogP contribution in [0, 0.1) is 57.2 Å². The van der Waals surface area contributed by atoms with E-state index < -0.39 is 0 Å². The summed E-state index contributed by atoms with van der Waals surface area (Å²) in [5.41, 5.74) is 5.38. The van der Waals surface area contributed by atoms with Gasteiger partial charge in [-0.3, -0.25) is 0 Å². The van der Waals surface area contributed by atoms with Crippen molar-refractivity contribution in [3.05, 3.63) is 23.3 Å². The van der Waals surface area contributed by atoms with E-state index in [0.717, 1.165) is 74.4 Å². The molecule has 2 spiro atoms. The van der Waals surface area contributed by atoms with Crippen molar-refractivity contribution in [1.29, 1.82) is 0 Å². The predicted octanol–water partition coefficient (Wildman–Crippen LogP) is 9.43. The number of ether oxygens (including phenoxy) is 2. The fourth-order valence-electron chi connectivity index (χ4n) is 14.6. The summed E-state index contributed by atoms with van der Waals surface area (Å²) >= 11 is 0. The highest BCUT2D eigenvalue weighted by Crippen LogP contribution is 2.72. The smallest absolute Gasteiger partial charge is 0.0972 e. The zero-order chi connectivity index (χ0) is 30.3. The molecule has 2 heterocycles. The summed E-state index contributed by atoms with van der Waals surface area (Å²) in [4.78, 5) is 0. The highest BCUT2D eigenvalue weighted by Gasteiger charge is 2.71. The molecule has 0 aromatic carbocycles. The lowest BCUT2D eigenvalue weighted by molar-refractivity contribution is -0.0556. The molecule has 0 radical (unpaired) electrons. The van der Waals surface area contributed by atoms with Crippen LogP contribution in [0.3, 0.4) is 0 Å². The van der Waals surface area contributed by atoms with Crippen LogP contribution in [0.25, 0.3) is 0 Å². The van der Waals surface area contributed by atoms with E-state index >= 15 is 0 Å². The van der Waals surface area contributed by atoms with Gasteiger partial charge in [0, 0.05) is 10.8 Å². The Hall–Kier alpha value is -0.680. The third kappa shape index (κ3) is 4.37. The summed E-state index contributed by atoms with van der Waals surface area (Å²) in [7, 11) is 0. The van der Waals surface area contributed by atoms with Gasteiger partial charge in [0.05, 0.1) is 36.6 Å². The minimum atomic E-state index is -0.0839. The van der Waals surface area contributed by atoms with Gasteiger partial charge in [0.2, 0.25) is 0 Å². The molecule has 12 unspecified atom stereocenters. The van der Waals surface area contributed by atoms with E-state index in [1.807, 2.05) is 0 Å². The van der Waals surface area contributed by atoms with Gasteiger partial charge in [-0.25, -0.2) is 0 Å². The van der Waals surface area contributed by atoms with Gasteiger partial charge in [0.1, 0.15) is 0 Å². The zero-order valence-electron chi connectivity index (χ0n) is 28.2. The van der Waals surface area contributed by atoms with Gasteiger partial charge >= 0.3 is 0 Å². The lowest BCUT2D eigenvalue weighted by Gasteiger charge is -2.57. The van der Waals surface area contributed by atoms with Crippen LogP contribution >= 0.6 is 0 Å². The number of rotatable bonds is 0. The van der Waals surface area contributed by atoms with Crippen LogP contribution in [0.2, 0.25) is 0 Å². The fraction of sp³-hybridized carbons (Fsp3) is 0.905. The summed E-state index contributed by atoms with van der Waals surface area (Å²) in [6.45, 7) is 12.2. The van der Waals surface area contributed by atoms with E-state index in [0.29, 0.717) is 21.7 Å². The molecule has 0 bridgehead atoms. The maximum absolute atomic E-state index is 10.1. The van der Waals surface area contributed by atoms with Gasteiger partial charge in [-0.05, 0) is 149 Å². The van der Waals surface area contributed by atoms with Crippen molar-refractivity contribution in [2.24, 2.45) is 57.2 Å². The number of allylic oxidation sites excluding steroid dienone is 2. The maximum atomic E-state index is 10.1. The molecule has 8 fully saturated rings. The second kappa shape index (κ2) is 10.9. The quantitative estimate of drug-likeness (QED) is 0.205. The molecule has 4 nitrogen and oxygen atoms in total. The summed E-state index contributed by atoms with van der Waals surface area (Å²) in [5.74, 6) is 5.18. The molecule has 0 amide bonds. The maximum Gasteiger partial charge on any atom is 0.0972 e. The van der Waals surface area contributed by atoms with Crippen LogP contribution in [0.1, 0.15) is 145 Å².